The van der Waals surface area contributed by atoms with Gasteiger partial charge in [-0.1, -0.05) is 13.3 Å². The smallest absolute Gasteiger partial charge is 0.0319 e. The molecule has 3 nitrogen and oxygen atoms in total. The average molecular weight is 212 g/mol. The Morgan fingerprint density at radius 2 is 1.42 bits per heavy atom. The molecule has 0 aliphatic carbocycles. The average Bonchev–Trinajstić information content (AvgIpc) is 2.08. The Labute approximate surface area is 91.7 Å². The molecule has 2 N–H and O–H groups in total. The minimum Gasteiger partial charge on any atom is -0.462 e. The molecule has 0 radical (unpaired) electrons. The molecule has 0 saturated heterocycles. The Bertz CT molecular complexity index is 46.0. The normalized spacial score (nSPS) is 7.00. The van der Waals surface area contributed by atoms with Gasteiger partial charge in [-0.3, -0.25) is 6.54 Å². The zero-order valence-corrected chi connectivity index (χ0v) is 10.4. The molecular formula is C8H22NO2Ti-. The van der Waals surface area contributed by atoms with Crippen LogP contribution in [0.3, 0.4) is 0 Å². The number of hydrogen-bond acceptors (Lipinski definition) is 3. The van der Waals surface area contributed by atoms with Crippen molar-refractivity contribution in [2.24, 2.45) is 0 Å². The van der Waals surface area contributed by atoms with Crippen molar-refractivity contribution >= 4 is 0 Å². The number of nitrogens with zero attached hydrogens (tertiary/aromatic N) is 1. The van der Waals surface area contributed by atoms with Crippen LogP contribution in [-0.4, -0.2) is 43.4 Å². The third kappa shape index (κ3) is 46.2. The van der Waals surface area contributed by atoms with Gasteiger partial charge in [0.25, 0.3) is 0 Å². The summed E-state index contributed by atoms with van der Waals surface area (Å²) in [4.78, 5) is 2.09. The second-order valence-electron chi connectivity index (χ2n) is 1.93. The summed E-state index contributed by atoms with van der Waals surface area (Å²) >= 11 is 0. The third-order valence-electron chi connectivity index (χ3n) is 0.783. The van der Waals surface area contributed by atoms with E-state index in [9.17, 15) is 0 Å². The fourth-order valence-corrected chi connectivity index (χ4v) is 0.387. The second-order valence-corrected chi connectivity index (χ2v) is 1.93. The Morgan fingerprint density at radius 3 is 1.50 bits per heavy atom. The van der Waals surface area contributed by atoms with Crippen LogP contribution in [0, 0.1) is 6.54 Å². The van der Waals surface area contributed by atoms with Crippen LogP contribution in [0.5, 0.6) is 0 Å². The van der Waals surface area contributed by atoms with Gasteiger partial charge in [-0.05, 0) is 14.1 Å². The van der Waals surface area contributed by atoms with Gasteiger partial charge in [-0.25, -0.2) is 0 Å². The van der Waals surface area contributed by atoms with Crippen molar-refractivity contribution in [3.63, 3.8) is 0 Å². The summed E-state index contributed by atoms with van der Waals surface area (Å²) in [6.07, 6.45) is 2.45. The van der Waals surface area contributed by atoms with Gasteiger partial charge in [-0.15, -0.1) is 0 Å². The summed E-state index contributed by atoms with van der Waals surface area (Å²) in [5.74, 6) is 0. The van der Waals surface area contributed by atoms with Gasteiger partial charge >= 0.3 is 0 Å². The maximum absolute atomic E-state index is 7.00. The number of unbranched alkanes of at least 4 members (excludes halogenated alkanes) is 1. The molecule has 0 aromatic rings. The van der Waals surface area contributed by atoms with E-state index in [1.165, 1.54) is 12.8 Å². The van der Waals surface area contributed by atoms with Gasteiger partial charge in [0.2, 0.25) is 0 Å². The van der Waals surface area contributed by atoms with Gasteiger partial charge in [0.15, 0.2) is 0 Å². The SMILES string of the molecule is CCC[CH-]N(C)C.CO.CO.[Ti]. The minimum absolute atomic E-state index is 0. The first kappa shape index (κ1) is 22.9. The summed E-state index contributed by atoms with van der Waals surface area (Å²) in [5.41, 5.74) is 0. The van der Waals surface area contributed by atoms with Crippen molar-refractivity contribution in [2.75, 3.05) is 28.3 Å². The third-order valence-corrected chi connectivity index (χ3v) is 0.783. The first-order valence-corrected chi connectivity index (χ1v) is 3.66. The summed E-state index contributed by atoms with van der Waals surface area (Å²) < 4.78 is 0. The monoisotopic (exact) mass is 212 g/mol. The van der Waals surface area contributed by atoms with Gasteiger partial charge in [-0.2, -0.15) is 6.42 Å². The fourth-order valence-electron chi connectivity index (χ4n) is 0.387. The maximum atomic E-state index is 7.00. The summed E-state index contributed by atoms with van der Waals surface area (Å²) in [6.45, 7) is 4.36. The summed E-state index contributed by atoms with van der Waals surface area (Å²) in [5, 5.41) is 14.0. The van der Waals surface area contributed by atoms with Crippen molar-refractivity contribution in [1.82, 2.24) is 4.90 Å². The van der Waals surface area contributed by atoms with E-state index in [4.69, 9.17) is 10.2 Å². The van der Waals surface area contributed by atoms with Crippen LogP contribution in [0.15, 0.2) is 0 Å². The van der Waals surface area contributed by atoms with Crippen LogP contribution in [0.1, 0.15) is 19.8 Å². The van der Waals surface area contributed by atoms with E-state index in [2.05, 4.69) is 32.5 Å². The molecule has 0 aliphatic heterocycles. The first-order valence-electron chi connectivity index (χ1n) is 3.66. The van der Waals surface area contributed by atoms with Crippen LogP contribution in [-0.2, 0) is 21.7 Å². The Balaban J connectivity index is -0.0000000560. The van der Waals surface area contributed by atoms with Crippen LogP contribution in [0.25, 0.3) is 0 Å². The molecule has 0 rings (SSSR count). The minimum atomic E-state index is 0. The maximum Gasteiger partial charge on any atom is 0.0319 e. The molecule has 0 aliphatic rings. The first-order chi connectivity index (χ1) is 5.27. The van der Waals surface area contributed by atoms with Crippen LogP contribution in [0.4, 0.5) is 0 Å². The summed E-state index contributed by atoms with van der Waals surface area (Å²) in [6, 6.07) is 0. The summed E-state index contributed by atoms with van der Waals surface area (Å²) in [7, 11) is 6.10. The molecule has 0 spiro atoms. The zero-order valence-electron chi connectivity index (χ0n) is 8.83. The van der Waals surface area contributed by atoms with Crippen molar-refractivity contribution in [3.05, 3.63) is 6.54 Å². The fraction of sp³-hybridized carbons (Fsp3) is 0.875. The van der Waals surface area contributed by atoms with E-state index in [0.29, 0.717) is 0 Å². The molecule has 0 amide bonds. The van der Waals surface area contributed by atoms with E-state index >= 15 is 0 Å². The molecule has 0 fully saturated rings. The van der Waals surface area contributed by atoms with E-state index in [1.54, 1.807) is 0 Å². The molecule has 0 bridgehead atoms. The molecule has 76 valence electrons. The van der Waals surface area contributed by atoms with Crippen molar-refractivity contribution in [2.45, 2.75) is 19.8 Å². The van der Waals surface area contributed by atoms with Crippen LogP contribution >= 0.6 is 0 Å². The second kappa shape index (κ2) is 29.9. The number of hydrogen-bond donors (Lipinski definition) is 2. The van der Waals surface area contributed by atoms with Gasteiger partial charge in [0.1, 0.15) is 0 Å². The molecule has 0 aromatic heterocycles. The predicted octanol–water partition coefficient (Wildman–Crippen LogP) is 0.724. The van der Waals surface area contributed by atoms with Crippen molar-refractivity contribution in [3.8, 4) is 0 Å². The standard InChI is InChI=1S/C6H14N.2CH4O.Ti/c1-4-5-6-7(2)3;2*1-2;/h6H,4-5H2,1-3H3;2*2H,1H3;/q-1;;;. The number of aliphatic hydroxyl groups is 2. The molecule has 0 atom stereocenters. The van der Waals surface area contributed by atoms with Gasteiger partial charge < -0.3 is 15.1 Å². The molecule has 0 aromatic carbocycles. The molecule has 12 heavy (non-hydrogen) atoms. The molecule has 0 saturated carbocycles. The largest absolute Gasteiger partial charge is 0.462 e. The van der Waals surface area contributed by atoms with Crippen LogP contribution < -0.4 is 0 Å². The zero-order chi connectivity index (χ0) is 9.70. The van der Waals surface area contributed by atoms with Crippen molar-refractivity contribution in [1.29, 1.82) is 0 Å². The van der Waals surface area contributed by atoms with Gasteiger partial charge in [0, 0.05) is 35.9 Å². The van der Waals surface area contributed by atoms with Gasteiger partial charge in [0.05, 0.1) is 0 Å². The van der Waals surface area contributed by atoms with Crippen LogP contribution in [0.2, 0.25) is 0 Å². The number of rotatable bonds is 3. The molecule has 0 heterocycles. The Kier molecular flexibility index (Phi) is 57.2. The van der Waals surface area contributed by atoms with E-state index < -0.39 is 0 Å². The quantitative estimate of drug-likeness (QED) is 0.535. The van der Waals surface area contributed by atoms with E-state index in [-0.39, 0.29) is 21.7 Å². The molecule has 0 unspecified atom stereocenters. The van der Waals surface area contributed by atoms with E-state index in [0.717, 1.165) is 14.2 Å². The molecular weight excluding hydrogens is 190 g/mol. The van der Waals surface area contributed by atoms with E-state index in [1.807, 2.05) is 0 Å². The molecule has 4 heteroatoms. The topological polar surface area (TPSA) is 43.7 Å². The predicted molar refractivity (Wildman–Crippen MR) is 49.2 cm³/mol. The van der Waals surface area contributed by atoms with Crippen molar-refractivity contribution < 1.29 is 31.9 Å². The Hall–Kier alpha value is 0.594. The number of aliphatic hydroxyl groups excluding tert-OH is 2. The Morgan fingerprint density at radius 1 is 1.08 bits per heavy atom.